The number of aliphatic imine (C=N–C) groups is 1. The lowest BCUT2D eigenvalue weighted by molar-refractivity contribution is 0.322. The molecule has 6 nitrogen and oxygen atoms in total. The molecule has 120 valence electrons. The molecule has 1 heterocycles. The molecule has 0 aliphatic heterocycles. The minimum atomic E-state index is 0. The summed E-state index contributed by atoms with van der Waals surface area (Å²) in [5.41, 5.74) is 0. The lowest BCUT2D eigenvalue weighted by Crippen LogP contribution is -2.40. The molecule has 1 aromatic heterocycles. The first-order valence-electron chi connectivity index (χ1n) is 6.96. The summed E-state index contributed by atoms with van der Waals surface area (Å²) in [5.74, 6) is 1.65. The summed E-state index contributed by atoms with van der Waals surface area (Å²) >= 11 is 0. The third-order valence-corrected chi connectivity index (χ3v) is 2.85. The average molecular weight is 415 g/mol. The van der Waals surface area contributed by atoms with Crippen LogP contribution in [0.1, 0.15) is 0 Å². The molecule has 22 heavy (non-hydrogen) atoms. The van der Waals surface area contributed by atoms with Crippen LogP contribution in [0.5, 0.6) is 5.75 Å². The number of halogens is 1. The van der Waals surface area contributed by atoms with E-state index >= 15 is 0 Å². The highest BCUT2D eigenvalue weighted by atomic mass is 127. The van der Waals surface area contributed by atoms with E-state index in [9.17, 15) is 0 Å². The number of benzene rings is 1. The van der Waals surface area contributed by atoms with Crippen molar-refractivity contribution < 1.29 is 4.74 Å². The zero-order valence-electron chi connectivity index (χ0n) is 12.6. The van der Waals surface area contributed by atoms with Crippen LogP contribution >= 0.6 is 24.0 Å². The van der Waals surface area contributed by atoms with Crippen LogP contribution in [-0.2, 0) is 6.54 Å². The number of hydrogen-bond acceptors (Lipinski definition) is 3. The highest BCUT2D eigenvalue weighted by Crippen LogP contribution is 2.07. The molecule has 0 saturated heterocycles. The van der Waals surface area contributed by atoms with Gasteiger partial charge in [0.1, 0.15) is 12.4 Å². The van der Waals surface area contributed by atoms with Gasteiger partial charge in [-0.1, -0.05) is 18.2 Å². The van der Waals surface area contributed by atoms with Crippen molar-refractivity contribution in [3.8, 4) is 5.75 Å². The Morgan fingerprint density at radius 3 is 2.68 bits per heavy atom. The largest absolute Gasteiger partial charge is 0.492 e. The molecule has 0 atom stereocenters. The molecule has 0 fully saturated rings. The van der Waals surface area contributed by atoms with Crippen molar-refractivity contribution in [3.05, 3.63) is 49.1 Å². The van der Waals surface area contributed by atoms with Crippen molar-refractivity contribution in [3.63, 3.8) is 0 Å². The topological polar surface area (TPSA) is 63.5 Å². The molecule has 0 aliphatic carbocycles. The van der Waals surface area contributed by atoms with Gasteiger partial charge in [-0.15, -0.1) is 24.0 Å². The van der Waals surface area contributed by atoms with E-state index in [2.05, 4.69) is 20.6 Å². The summed E-state index contributed by atoms with van der Waals surface area (Å²) < 4.78 is 7.62. The molecule has 0 unspecified atom stereocenters. The Morgan fingerprint density at radius 2 is 2.00 bits per heavy atom. The molecule has 0 saturated carbocycles. The molecule has 0 amide bonds. The van der Waals surface area contributed by atoms with Gasteiger partial charge in [0.05, 0.1) is 12.9 Å². The second-order valence-electron chi connectivity index (χ2n) is 4.39. The number of nitrogens with one attached hydrogen (secondary N) is 2. The molecule has 0 spiro atoms. The van der Waals surface area contributed by atoms with Crippen molar-refractivity contribution in [1.82, 2.24) is 20.2 Å². The zero-order chi connectivity index (χ0) is 14.8. The second kappa shape index (κ2) is 10.9. The van der Waals surface area contributed by atoms with Gasteiger partial charge in [-0.05, 0) is 12.1 Å². The second-order valence-corrected chi connectivity index (χ2v) is 4.39. The van der Waals surface area contributed by atoms with E-state index in [0.717, 1.165) is 24.8 Å². The molecule has 0 radical (unpaired) electrons. The maximum Gasteiger partial charge on any atom is 0.191 e. The monoisotopic (exact) mass is 415 g/mol. The fourth-order valence-corrected chi connectivity index (χ4v) is 1.80. The van der Waals surface area contributed by atoms with E-state index in [0.29, 0.717) is 13.2 Å². The molecule has 1 aromatic carbocycles. The molecule has 2 N–H and O–H groups in total. The lowest BCUT2D eigenvalue weighted by Gasteiger charge is -2.12. The van der Waals surface area contributed by atoms with Crippen LogP contribution in [-0.4, -0.2) is 42.3 Å². The highest BCUT2D eigenvalue weighted by molar-refractivity contribution is 14.0. The normalized spacial score (nSPS) is 10.7. The number of hydrogen-bond donors (Lipinski definition) is 2. The van der Waals surface area contributed by atoms with Gasteiger partial charge < -0.3 is 19.9 Å². The van der Waals surface area contributed by atoms with E-state index in [1.54, 1.807) is 19.6 Å². The van der Waals surface area contributed by atoms with Gasteiger partial charge in [0, 0.05) is 32.5 Å². The number of rotatable bonds is 7. The number of nitrogens with zero attached hydrogens (tertiary/aromatic N) is 3. The zero-order valence-corrected chi connectivity index (χ0v) is 14.9. The SMILES string of the molecule is CN=C(NCCOc1ccccc1)NCCn1ccnc1.I. The van der Waals surface area contributed by atoms with Crippen molar-refractivity contribution in [2.45, 2.75) is 6.54 Å². The summed E-state index contributed by atoms with van der Waals surface area (Å²) in [6.45, 7) is 2.92. The molecular weight excluding hydrogens is 393 g/mol. The van der Waals surface area contributed by atoms with Crippen LogP contribution in [0.3, 0.4) is 0 Å². The minimum Gasteiger partial charge on any atom is -0.492 e. The third kappa shape index (κ3) is 6.79. The van der Waals surface area contributed by atoms with Gasteiger partial charge in [0.15, 0.2) is 5.96 Å². The predicted molar refractivity (Wildman–Crippen MR) is 98.9 cm³/mol. The molecule has 7 heteroatoms. The Labute approximate surface area is 148 Å². The number of guanidine groups is 1. The summed E-state index contributed by atoms with van der Waals surface area (Å²) in [6, 6.07) is 9.77. The third-order valence-electron chi connectivity index (χ3n) is 2.85. The van der Waals surface area contributed by atoms with Gasteiger partial charge in [-0.2, -0.15) is 0 Å². The Morgan fingerprint density at radius 1 is 1.23 bits per heavy atom. The minimum absolute atomic E-state index is 0. The number of para-hydroxylation sites is 1. The quantitative estimate of drug-likeness (QED) is 0.313. The van der Waals surface area contributed by atoms with Crippen LogP contribution in [0.4, 0.5) is 0 Å². The van der Waals surface area contributed by atoms with Crippen molar-refractivity contribution in [1.29, 1.82) is 0 Å². The Balaban J connectivity index is 0.00000242. The standard InChI is InChI=1S/C15H21N5O.HI/c1-16-15(18-8-11-20-10-7-17-13-20)19-9-12-21-14-5-3-2-4-6-14;/h2-7,10,13H,8-9,11-12H2,1H3,(H2,16,18,19);1H. The van der Waals surface area contributed by atoms with E-state index in [4.69, 9.17) is 4.74 Å². The lowest BCUT2D eigenvalue weighted by atomic mass is 10.3. The Bertz CT molecular complexity index is 530. The first-order chi connectivity index (χ1) is 10.4. The fourth-order valence-electron chi connectivity index (χ4n) is 1.80. The summed E-state index contributed by atoms with van der Waals surface area (Å²) in [7, 11) is 1.75. The molecule has 2 aromatic rings. The van der Waals surface area contributed by atoms with Gasteiger partial charge in [-0.25, -0.2) is 4.98 Å². The van der Waals surface area contributed by atoms with E-state index in [1.165, 1.54) is 0 Å². The van der Waals surface area contributed by atoms with Crippen LogP contribution < -0.4 is 15.4 Å². The molecule has 0 bridgehead atoms. The van der Waals surface area contributed by atoms with E-state index in [1.807, 2.05) is 41.1 Å². The van der Waals surface area contributed by atoms with Gasteiger partial charge in [-0.3, -0.25) is 4.99 Å². The predicted octanol–water partition coefficient (Wildman–Crippen LogP) is 1.75. The molecule has 2 rings (SSSR count). The Hall–Kier alpha value is -1.77. The van der Waals surface area contributed by atoms with E-state index < -0.39 is 0 Å². The maximum atomic E-state index is 5.61. The Kier molecular flexibility index (Phi) is 9.04. The smallest absolute Gasteiger partial charge is 0.191 e. The van der Waals surface area contributed by atoms with Crippen molar-refractivity contribution >= 4 is 29.9 Å². The van der Waals surface area contributed by atoms with Crippen LogP contribution in [0.2, 0.25) is 0 Å². The van der Waals surface area contributed by atoms with Gasteiger partial charge in [0.2, 0.25) is 0 Å². The molecule has 0 aliphatic rings. The molecular formula is C15H22IN5O. The van der Waals surface area contributed by atoms with Crippen molar-refractivity contribution in [2.75, 3.05) is 26.7 Å². The van der Waals surface area contributed by atoms with Crippen LogP contribution in [0.15, 0.2) is 54.0 Å². The number of ether oxygens (including phenoxy) is 1. The fraction of sp³-hybridized carbons (Fsp3) is 0.333. The van der Waals surface area contributed by atoms with Crippen molar-refractivity contribution in [2.24, 2.45) is 4.99 Å². The highest BCUT2D eigenvalue weighted by Gasteiger charge is 1.97. The first-order valence-corrected chi connectivity index (χ1v) is 6.96. The number of aromatic nitrogens is 2. The summed E-state index contributed by atoms with van der Waals surface area (Å²) in [4.78, 5) is 8.17. The van der Waals surface area contributed by atoms with Gasteiger partial charge >= 0.3 is 0 Å². The van der Waals surface area contributed by atoms with Gasteiger partial charge in [0.25, 0.3) is 0 Å². The summed E-state index contributed by atoms with van der Waals surface area (Å²) in [6.07, 6.45) is 5.51. The first kappa shape index (κ1) is 18.3. The van der Waals surface area contributed by atoms with E-state index in [-0.39, 0.29) is 24.0 Å². The van der Waals surface area contributed by atoms with Crippen LogP contribution in [0, 0.1) is 0 Å². The average Bonchev–Trinajstić information content (AvgIpc) is 3.04. The number of imidazole rings is 1. The maximum absolute atomic E-state index is 5.61. The van der Waals surface area contributed by atoms with Crippen LogP contribution in [0.25, 0.3) is 0 Å². The summed E-state index contributed by atoms with van der Waals surface area (Å²) in [5, 5.41) is 6.45.